The zero-order valence-electron chi connectivity index (χ0n) is 15.8. The van der Waals surface area contributed by atoms with E-state index in [-0.39, 0.29) is 22.7 Å². The molecule has 3 heterocycles. The van der Waals surface area contributed by atoms with E-state index in [0.717, 1.165) is 44.9 Å². The van der Waals surface area contributed by atoms with Crippen LogP contribution in [0.15, 0.2) is 36.4 Å². The Balaban J connectivity index is 1.28. The van der Waals surface area contributed by atoms with Crippen LogP contribution in [0.5, 0.6) is 0 Å². The summed E-state index contributed by atoms with van der Waals surface area (Å²) in [7, 11) is 0. The van der Waals surface area contributed by atoms with Crippen LogP contribution in [0.4, 0.5) is 0 Å². The zero-order valence-corrected chi connectivity index (χ0v) is 16.7. The van der Waals surface area contributed by atoms with Crippen molar-refractivity contribution < 1.29 is 9.59 Å². The Morgan fingerprint density at radius 1 is 1.22 bits per heavy atom. The lowest BCUT2D eigenvalue weighted by Gasteiger charge is -2.37. The van der Waals surface area contributed by atoms with Crippen LogP contribution >= 0.6 is 11.8 Å². The minimum Gasteiger partial charge on any atom is -0.338 e. The second kappa shape index (κ2) is 7.68. The van der Waals surface area contributed by atoms with Crippen molar-refractivity contribution in [2.45, 2.75) is 30.7 Å². The first-order chi connectivity index (χ1) is 13.1. The highest BCUT2D eigenvalue weighted by molar-refractivity contribution is 8.01. The van der Waals surface area contributed by atoms with Crippen molar-refractivity contribution in [3.05, 3.63) is 42.0 Å². The van der Waals surface area contributed by atoms with E-state index in [4.69, 9.17) is 0 Å². The van der Waals surface area contributed by atoms with Gasteiger partial charge in [-0.1, -0.05) is 42.5 Å². The Morgan fingerprint density at radius 2 is 1.96 bits per heavy atom. The molecule has 144 valence electrons. The lowest BCUT2D eigenvalue weighted by atomic mass is 10.2. The zero-order chi connectivity index (χ0) is 18.9. The average molecular weight is 386 g/mol. The van der Waals surface area contributed by atoms with Gasteiger partial charge in [0, 0.05) is 44.9 Å². The molecule has 1 aromatic carbocycles. The van der Waals surface area contributed by atoms with Gasteiger partial charge in [-0.05, 0) is 18.9 Å². The van der Waals surface area contributed by atoms with E-state index in [0.29, 0.717) is 6.42 Å². The first kappa shape index (κ1) is 18.6. The van der Waals surface area contributed by atoms with Crippen molar-refractivity contribution in [1.29, 1.82) is 0 Å². The Kier molecular flexibility index (Phi) is 5.28. The van der Waals surface area contributed by atoms with Crippen LogP contribution in [0.2, 0.25) is 0 Å². The average Bonchev–Trinajstić information content (AvgIpc) is 3.19. The molecule has 6 heteroatoms. The summed E-state index contributed by atoms with van der Waals surface area (Å²) in [5.74, 6) is 1.02. The maximum absolute atomic E-state index is 13.0. The highest BCUT2D eigenvalue weighted by Crippen LogP contribution is 2.47. The van der Waals surface area contributed by atoms with Crippen LogP contribution in [0.1, 0.15) is 25.3 Å². The van der Waals surface area contributed by atoms with Crippen LogP contribution < -0.4 is 0 Å². The monoisotopic (exact) mass is 385 g/mol. The third-order valence-electron chi connectivity index (χ3n) is 5.89. The van der Waals surface area contributed by atoms with E-state index in [2.05, 4.69) is 36.1 Å². The molecule has 4 rings (SSSR count). The van der Waals surface area contributed by atoms with E-state index in [9.17, 15) is 9.59 Å². The molecule has 3 aliphatic rings. The van der Waals surface area contributed by atoms with Gasteiger partial charge in [0.1, 0.15) is 6.04 Å². The fourth-order valence-corrected chi connectivity index (χ4v) is 5.69. The van der Waals surface area contributed by atoms with Crippen molar-refractivity contribution >= 4 is 29.7 Å². The van der Waals surface area contributed by atoms with E-state index in [1.165, 1.54) is 5.56 Å². The first-order valence-electron chi connectivity index (χ1n) is 9.76. The number of nitrogens with zero attached hydrogens (tertiary/aromatic N) is 3. The molecule has 3 fully saturated rings. The summed E-state index contributed by atoms with van der Waals surface area (Å²) < 4.78 is 0. The fourth-order valence-electron chi connectivity index (χ4n) is 4.27. The number of thioether (sulfide) groups is 1. The molecule has 3 aliphatic heterocycles. The second-order valence-corrected chi connectivity index (χ2v) is 9.21. The van der Waals surface area contributed by atoms with Crippen molar-refractivity contribution in [1.82, 2.24) is 14.7 Å². The Morgan fingerprint density at radius 3 is 2.70 bits per heavy atom. The van der Waals surface area contributed by atoms with Gasteiger partial charge < -0.3 is 9.80 Å². The predicted molar refractivity (Wildman–Crippen MR) is 109 cm³/mol. The smallest absolute Gasteiger partial charge is 0.246 e. The van der Waals surface area contributed by atoms with Gasteiger partial charge in [0.2, 0.25) is 11.8 Å². The number of piperazine rings is 1. The second-order valence-electron chi connectivity index (χ2n) is 7.70. The Labute approximate surface area is 165 Å². The number of amides is 2. The number of carbonyl (C=O) groups excluding carboxylic acids is 2. The molecule has 0 spiro atoms. The minimum atomic E-state index is -0.264. The highest BCUT2D eigenvalue weighted by atomic mass is 32.2. The maximum Gasteiger partial charge on any atom is 0.246 e. The van der Waals surface area contributed by atoms with Gasteiger partial charge in [0.25, 0.3) is 0 Å². The molecule has 0 bridgehead atoms. The molecule has 2 atom stereocenters. The van der Waals surface area contributed by atoms with Crippen LogP contribution in [0, 0.1) is 0 Å². The normalized spacial score (nSPS) is 28.9. The maximum atomic E-state index is 13.0. The molecule has 0 aliphatic carbocycles. The largest absolute Gasteiger partial charge is 0.338 e. The van der Waals surface area contributed by atoms with Crippen molar-refractivity contribution in [3.63, 3.8) is 0 Å². The molecule has 2 unspecified atom stereocenters. The molecule has 27 heavy (non-hydrogen) atoms. The topological polar surface area (TPSA) is 43.9 Å². The molecule has 3 saturated heterocycles. The predicted octanol–water partition coefficient (Wildman–Crippen LogP) is 2.30. The van der Waals surface area contributed by atoms with E-state index in [1.807, 2.05) is 28.0 Å². The van der Waals surface area contributed by atoms with Crippen LogP contribution in [-0.2, 0) is 9.59 Å². The number of benzene rings is 1. The lowest BCUT2D eigenvalue weighted by molar-refractivity contribution is -0.144. The summed E-state index contributed by atoms with van der Waals surface area (Å²) in [5, 5.41) is 0. The number of carbonyl (C=O) groups is 2. The number of hydrogen-bond acceptors (Lipinski definition) is 4. The lowest BCUT2D eigenvalue weighted by Crippen LogP contribution is -2.56. The molecule has 5 nitrogen and oxygen atoms in total. The third kappa shape index (κ3) is 3.78. The summed E-state index contributed by atoms with van der Waals surface area (Å²) in [6.45, 7) is 6.27. The SMILES string of the molecule is CC12CCC(=O)N1C(C(=O)N1CCN(CC=Cc3ccccc3)CC1)CS2. The quantitative estimate of drug-likeness (QED) is 0.798. The van der Waals surface area contributed by atoms with Crippen molar-refractivity contribution in [3.8, 4) is 0 Å². The van der Waals surface area contributed by atoms with Gasteiger partial charge in [-0.3, -0.25) is 14.5 Å². The van der Waals surface area contributed by atoms with E-state index >= 15 is 0 Å². The van der Waals surface area contributed by atoms with Gasteiger partial charge in [-0.25, -0.2) is 0 Å². The van der Waals surface area contributed by atoms with Gasteiger partial charge >= 0.3 is 0 Å². The van der Waals surface area contributed by atoms with Crippen molar-refractivity contribution in [2.24, 2.45) is 0 Å². The van der Waals surface area contributed by atoms with Crippen molar-refractivity contribution in [2.75, 3.05) is 38.5 Å². The van der Waals surface area contributed by atoms with Crippen LogP contribution in [0.25, 0.3) is 6.08 Å². The number of hydrogen-bond donors (Lipinski definition) is 0. The summed E-state index contributed by atoms with van der Waals surface area (Å²) >= 11 is 1.77. The molecule has 0 aromatic heterocycles. The molecule has 0 radical (unpaired) electrons. The number of rotatable bonds is 4. The standard InChI is InChI=1S/C21H27N3O2S/c1-21-10-9-19(25)24(21)18(16-27-21)20(26)23-14-12-22(13-15-23)11-5-8-17-6-3-2-4-7-17/h2-8,18H,9-16H2,1H3. The van der Waals surface area contributed by atoms with Crippen LogP contribution in [-0.4, -0.2) is 75.9 Å². The van der Waals surface area contributed by atoms with Gasteiger partial charge in [-0.15, -0.1) is 11.8 Å². The molecule has 2 amide bonds. The number of fused-ring (bicyclic) bond motifs is 1. The molecule has 0 N–H and O–H groups in total. The minimum absolute atomic E-state index is 0.140. The summed E-state index contributed by atoms with van der Waals surface area (Å²) in [6.07, 6.45) is 5.78. The third-order valence-corrected chi connectivity index (χ3v) is 7.39. The van der Waals surface area contributed by atoms with Crippen LogP contribution in [0.3, 0.4) is 0 Å². The molecule has 0 saturated carbocycles. The summed E-state index contributed by atoms with van der Waals surface area (Å²) in [6, 6.07) is 10.0. The molecule has 1 aromatic rings. The summed E-state index contributed by atoms with van der Waals surface area (Å²) in [4.78, 5) is 31.3. The van der Waals surface area contributed by atoms with E-state index < -0.39 is 0 Å². The van der Waals surface area contributed by atoms with Gasteiger partial charge in [0.15, 0.2) is 0 Å². The van der Waals surface area contributed by atoms with E-state index in [1.54, 1.807) is 11.8 Å². The first-order valence-corrected chi connectivity index (χ1v) is 10.7. The highest BCUT2D eigenvalue weighted by Gasteiger charge is 2.53. The molecular formula is C21H27N3O2S. The fraction of sp³-hybridized carbons (Fsp3) is 0.524. The van der Waals surface area contributed by atoms with Gasteiger partial charge in [0.05, 0.1) is 4.87 Å². The Hall–Kier alpha value is -1.79. The van der Waals surface area contributed by atoms with Gasteiger partial charge in [-0.2, -0.15) is 0 Å². The Bertz CT molecular complexity index is 730. The summed E-state index contributed by atoms with van der Waals surface area (Å²) in [5.41, 5.74) is 1.21. The molecular weight excluding hydrogens is 358 g/mol.